The second-order valence-corrected chi connectivity index (χ2v) is 5.63. The number of amides is 1. The third-order valence-corrected chi connectivity index (χ3v) is 3.73. The number of hydrogen-bond acceptors (Lipinski definition) is 7. The van der Waals surface area contributed by atoms with Crippen molar-refractivity contribution >= 4 is 29.1 Å². The molecule has 28 heavy (non-hydrogen) atoms. The number of aromatic nitrogens is 2. The maximum atomic E-state index is 12.5. The molecule has 1 amide bonds. The van der Waals surface area contributed by atoms with E-state index in [1.807, 2.05) is 6.07 Å². The van der Waals surface area contributed by atoms with Crippen molar-refractivity contribution < 1.29 is 14.3 Å². The number of benzene rings is 2. The molecule has 0 unspecified atom stereocenters. The summed E-state index contributed by atoms with van der Waals surface area (Å²) in [6.45, 7) is 0. The fourth-order valence-corrected chi connectivity index (χ4v) is 2.36. The van der Waals surface area contributed by atoms with Crippen LogP contribution in [-0.2, 0) is 4.74 Å². The summed E-state index contributed by atoms with van der Waals surface area (Å²) in [7, 11) is 1.29. The van der Waals surface area contributed by atoms with Crippen LogP contribution in [-0.4, -0.2) is 29.0 Å². The Morgan fingerprint density at radius 1 is 1.04 bits per heavy atom. The predicted molar refractivity (Wildman–Crippen MR) is 102 cm³/mol. The summed E-state index contributed by atoms with van der Waals surface area (Å²) in [6.07, 6.45) is 1.27. The summed E-state index contributed by atoms with van der Waals surface area (Å²) in [5, 5.41) is 14.6. The first kappa shape index (κ1) is 18.5. The molecule has 2 N–H and O–H groups in total. The second-order valence-electron chi connectivity index (χ2n) is 5.63. The van der Waals surface area contributed by atoms with E-state index in [0.717, 1.165) is 5.69 Å². The number of anilines is 3. The van der Waals surface area contributed by atoms with Crippen LogP contribution in [0.15, 0.2) is 60.9 Å². The van der Waals surface area contributed by atoms with Crippen LogP contribution in [0.2, 0.25) is 0 Å². The lowest BCUT2D eigenvalue weighted by atomic mass is 10.2. The number of carbonyl (C=O) groups is 2. The summed E-state index contributed by atoms with van der Waals surface area (Å²) < 4.78 is 4.67. The van der Waals surface area contributed by atoms with Crippen LogP contribution in [0.4, 0.5) is 17.2 Å². The maximum absolute atomic E-state index is 12.5. The van der Waals surface area contributed by atoms with E-state index >= 15 is 0 Å². The Labute approximate surface area is 160 Å². The highest BCUT2D eigenvalue weighted by Gasteiger charge is 2.11. The fourth-order valence-electron chi connectivity index (χ4n) is 2.36. The molecular weight excluding hydrogens is 358 g/mol. The minimum absolute atomic E-state index is 0.148. The number of nitrogens with one attached hydrogen (secondary N) is 2. The van der Waals surface area contributed by atoms with Crippen molar-refractivity contribution in [1.82, 2.24) is 9.97 Å². The highest BCUT2D eigenvalue weighted by atomic mass is 16.5. The van der Waals surface area contributed by atoms with Crippen molar-refractivity contribution in [3.05, 3.63) is 77.7 Å². The number of hydrogen-bond donors (Lipinski definition) is 2. The smallest absolute Gasteiger partial charge is 0.337 e. The molecule has 8 nitrogen and oxygen atoms in total. The van der Waals surface area contributed by atoms with E-state index < -0.39 is 11.9 Å². The van der Waals surface area contributed by atoms with E-state index in [2.05, 4.69) is 25.3 Å². The molecule has 1 heterocycles. The maximum Gasteiger partial charge on any atom is 0.337 e. The van der Waals surface area contributed by atoms with Crippen molar-refractivity contribution in [2.24, 2.45) is 0 Å². The van der Waals surface area contributed by atoms with E-state index in [0.29, 0.717) is 22.6 Å². The predicted octanol–water partition coefficient (Wildman–Crippen LogP) is 3.13. The molecule has 0 aliphatic carbocycles. The molecule has 0 saturated carbocycles. The van der Waals surface area contributed by atoms with Gasteiger partial charge < -0.3 is 15.4 Å². The Morgan fingerprint density at radius 2 is 1.82 bits per heavy atom. The summed E-state index contributed by atoms with van der Waals surface area (Å²) in [6, 6.07) is 16.8. The lowest BCUT2D eigenvalue weighted by Gasteiger charge is -2.08. The van der Waals surface area contributed by atoms with Crippen LogP contribution in [0, 0.1) is 11.3 Å². The average Bonchev–Trinajstić information content (AvgIpc) is 2.74. The fraction of sp³-hybridized carbons (Fsp3) is 0.0500. The summed E-state index contributed by atoms with van der Waals surface area (Å²) in [4.78, 5) is 32.1. The van der Waals surface area contributed by atoms with Crippen LogP contribution in [0.25, 0.3) is 0 Å². The Morgan fingerprint density at radius 3 is 2.54 bits per heavy atom. The first-order valence-electron chi connectivity index (χ1n) is 8.18. The molecule has 0 aliphatic rings. The molecule has 0 atom stereocenters. The van der Waals surface area contributed by atoms with Gasteiger partial charge in [-0.2, -0.15) is 5.26 Å². The van der Waals surface area contributed by atoms with Crippen molar-refractivity contribution in [1.29, 1.82) is 5.26 Å². The minimum atomic E-state index is -0.493. The summed E-state index contributed by atoms with van der Waals surface area (Å²) in [5.41, 5.74) is 2.17. The molecule has 138 valence electrons. The Balaban J connectivity index is 1.73. The number of methoxy groups -OCH3 is 1. The molecule has 0 fully saturated rings. The Kier molecular flexibility index (Phi) is 5.58. The van der Waals surface area contributed by atoms with E-state index in [1.54, 1.807) is 42.5 Å². The minimum Gasteiger partial charge on any atom is -0.465 e. The zero-order valence-corrected chi connectivity index (χ0v) is 14.8. The molecule has 1 aromatic heterocycles. The van der Waals surface area contributed by atoms with Gasteiger partial charge in [-0.05, 0) is 42.5 Å². The molecule has 0 radical (unpaired) electrons. The summed E-state index contributed by atoms with van der Waals surface area (Å²) in [5.74, 6) is -0.521. The number of nitrogens with zero attached hydrogens (tertiary/aromatic N) is 3. The standard InChI is InChI=1S/C20H15N5O3/c1-28-20(27)14-3-2-4-16(9-14)25-19(26)17-10-18(23-12-22-17)24-15-7-5-13(11-21)6-8-15/h2-10,12H,1H3,(H,25,26)(H,22,23,24). The number of nitriles is 1. The van der Waals surface area contributed by atoms with Crippen molar-refractivity contribution in [3.8, 4) is 6.07 Å². The van der Waals surface area contributed by atoms with Gasteiger partial charge in [-0.25, -0.2) is 14.8 Å². The molecule has 3 aromatic rings. The Bertz CT molecular complexity index is 1060. The quantitative estimate of drug-likeness (QED) is 0.660. The number of carbonyl (C=O) groups excluding carboxylic acids is 2. The van der Waals surface area contributed by atoms with Gasteiger partial charge in [-0.15, -0.1) is 0 Å². The van der Waals surface area contributed by atoms with E-state index in [4.69, 9.17) is 5.26 Å². The number of ether oxygens (including phenoxy) is 1. The SMILES string of the molecule is COC(=O)c1cccc(NC(=O)c2cc(Nc3ccc(C#N)cc3)ncn2)c1. The van der Waals surface area contributed by atoms with E-state index in [-0.39, 0.29) is 5.69 Å². The third-order valence-electron chi connectivity index (χ3n) is 3.73. The van der Waals surface area contributed by atoms with E-state index in [1.165, 1.54) is 25.6 Å². The van der Waals surface area contributed by atoms with Gasteiger partial charge in [0.05, 0.1) is 24.3 Å². The second kappa shape index (κ2) is 8.42. The topological polar surface area (TPSA) is 117 Å². The highest BCUT2D eigenvalue weighted by Crippen LogP contribution is 2.17. The van der Waals surface area contributed by atoms with Gasteiger partial charge in [0.25, 0.3) is 5.91 Å². The van der Waals surface area contributed by atoms with Crippen molar-refractivity contribution in [3.63, 3.8) is 0 Å². The molecule has 0 aliphatic heterocycles. The molecule has 3 rings (SSSR count). The van der Waals surface area contributed by atoms with Gasteiger partial charge in [0.2, 0.25) is 0 Å². The van der Waals surface area contributed by atoms with Crippen LogP contribution in [0.3, 0.4) is 0 Å². The van der Waals surface area contributed by atoms with Crippen LogP contribution < -0.4 is 10.6 Å². The lowest BCUT2D eigenvalue weighted by Crippen LogP contribution is -2.15. The van der Waals surface area contributed by atoms with Gasteiger partial charge in [0.15, 0.2) is 0 Å². The average molecular weight is 373 g/mol. The largest absolute Gasteiger partial charge is 0.465 e. The number of rotatable bonds is 5. The van der Waals surface area contributed by atoms with E-state index in [9.17, 15) is 9.59 Å². The monoisotopic (exact) mass is 373 g/mol. The zero-order chi connectivity index (χ0) is 19.9. The van der Waals surface area contributed by atoms with Crippen LogP contribution in [0.1, 0.15) is 26.4 Å². The van der Waals surface area contributed by atoms with Crippen LogP contribution in [0.5, 0.6) is 0 Å². The first-order valence-corrected chi connectivity index (χ1v) is 8.18. The summed E-state index contributed by atoms with van der Waals surface area (Å²) >= 11 is 0. The van der Waals surface area contributed by atoms with Gasteiger partial charge in [-0.1, -0.05) is 6.07 Å². The number of esters is 1. The molecule has 0 spiro atoms. The first-order chi connectivity index (χ1) is 13.6. The Hall–Kier alpha value is -4.25. The molecule has 2 aromatic carbocycles. The van der Waals surface area contributed by atoms with Gasteiger partial charge in [0.1, 0.15) is 17.8 Å². The molecule has 0 bridgehead atoms. The van der Waals surface area contributed by atoms with Crippen molar-refractivity contribution in [2.45, 2.75) is 0 Å². The zero-order valence-electron chi connectivity index (χ0n) is 14.8. The van der Waals surface area contributed by atoms with Crippen molar-refractivity contribution in [2.75, 3.05) is 17.7 Å². The van der Waals surface area contributed by atoms with Crippen LogP contribution >= 0.6 is 0 Å². The lowest BCUT2D eigenvalue weighted by molar-refractivity contribution is 0.0600. The van der Waals surface area contributed by atoms with Gasteiger partial charge >= 0.3 is 5.97 Å². The molecular formula is C20H15N5O3. The molecule has 0 saturated heterocycles. The molecule has 8 heteroatoms. The highest BCUT2D eigenvalue weighted by molar-refractivity contribution is 6.04. The normalized spacial score (nSPS) is 9.86. The van der Waals surface area contributed by atoms with Gasteiger partial charge in [-0.3, -0.25) is 4.79 Å². The third kappa shape index (κ3) is 4.47. The van der Waals surface area contributed by atoms with Gasteiger partial charge in [0, 0.05) is 17.4 Å².